The Morgan fingerprint density at radius 1 is 1.67 bits per heavy atom. The van der Waals surface area contributed by atoms with Gasteiger partial charge in [0.05, 0.1) is 0 Å². The minimum atomic E-state index is 0.217. The number of allylic oxidation sites excluding steroid dienone is 2. The van der Waals surface area contributed by atoms with Gasteiger partial charge in [-0.05, 0) is 37.4 Å². The summed E-state index contributed by atoms with van der Waals surface area (Å²) in [5.41, 5.74) is 9.37. The second-order valence-corrected chi connectivity index (χ2v) is 4.82. The van der Waals surface area contributed by atoms with Crippen molar-refractivity contribution in [1.29, 1.82) is 0 Å². The zero-order chi connectivity index (χ0) is 11.4. The fraction of sp³-hybridized carbons (Fsp3) is 0.636. The largest absolute Gasteiger partial charge is 0.375 e. The highest BCUT2D eigenvalue weighted by Gasteiger charge is 2.25. The number of thiocarbonyl (C=S) groups is 1. The molecule has 1 aliphatic carbocycles. The summed E-state index contributed by atoms with van der Waals surface area (Å²) < 4.78 is 0. The number of hydrogen-bond donors (Lipinski definition) is 2. The van der Waals surface area contributed by atoms with Gasteiger partial charge in [0.2, 0.25) is 0 Å². The smallest absolute Gasteiger partial charge is 0.184 e. The molecule has 3 N–H and O–H groups in total. The van der Waals surface area contributed by atoms with E-state index < -0.39 is 0 Å². The summed E-state index contributed by atoms with van der Waals surface area (Å²) in [6, 6.07) is 0. The predicted molar refractivity (Wildman–Crippen MR) is 68.6 cm³/mol. The van der Waals surface area contributed by atoms with Crippen LogP contribution in [0.4, 0.5) is 0 Å². The van der Waals surface area contributed by atoms with Crippen LogP contribution in [0.3, 0.4) is 0 Å². The molecule has 0 heterocycles. The van der Waals surface area contributed by atoms with E-state index in [2.05, 4.69) is 49.6 Å². The van der Waals surface area contributed by atoms with Crippen LogP contribution in [0.5, 0.6) is 0 Å². The number of nitrogens with one attached hydrogen (secondary N) is 1. The molecule has 0 spiro atoms. The minimum Gasteiger partial charge on any atom is -0.375 e. The van der Waals surface area contributed by atoms with Crippen LogP contribution in [0.25, 0.3) is 0 Å². The molecule has 0 aliphatic heterocycles. The van der Waals surface area contributed by atoms with E-state index in [0.29, 0.717) is 17.8 Å². The molecule has 3 atom stereocenters. The molecule has 0 fully saturated rings. The number of nitrogens with zero attached hydrogens (tertiary/aromatic N) is 1. The Balaban J connectivity index is 2.61. The predicted octanol–water partition coefficient (Wildman–Crippen LogP) is 2.04. The second kappa shape index (κ2) is 5.26. The standard InChI is InChI=1S/C11H19N3S/c1-7-4-8(2)10(9(3)5-7)6-13-14-11(12)15/h4,6,8-10H,5H2,1-3H3,(H3,12,14,15)/b13-6-/t8-,9-,10+/m0/s1. The van der Waals surface area contributed by atoms with Crippen LogP contribution in [0.2, 0.25) is 0 Å². The molecule has 0 aromatic rings. The molecule has 0 radical (unpaired) electrons. The summed E-state index contributed by atoms with van der Waals surface area (Å²) in [6.07, 6.45) is 5.39. The molecule has 0 aromatic carbocycles. The molecular formula is C11H19N3S. The lowest BCUT2D eigenvalue weighted by molar-refractivity contribution is 0.362. The van der Waals surface area contributed by atoms with Gasteiger partial charge in [-0.25, -0.2) is 0 Å². The van der Waals surface area contributed by atoms with Gasteiger partial charge in [0.1, 0.15) is 0 Å². The van der Waals surface area contributed by atoms with E-state index in [-0.39, 0.29) is 5.11 Å². The van der Waals surface area contributed by atoms with Gasteiger partial charge in [0.25, 0.3) is 0 Å². The van der Waals surface area contributed by atoms with Crippen molar-refractivity contribution < 1.29 is 0 Å². The van der Waals surface area contributed by atoms with Gasteiger partial charge in [-0.15, -0.1) is 0 Å². The summed E-state index contributed by atoms with van der Waals surface area (Å²) >= 11 is 4.68. The Bertz CT molecular complexity index is 296. The summed E-state index contributed by atoms with van der Waals surface area (Å²) in [7, 11) is 0. The summed E-state index contributed by atoms with van der Waals surface area (Å²) in [5.74, 6) is 1.63. The molecule has 84 valence electrons. The topological polar surface area (TPSA) is 50.4 Å². The van der Waals surface area contributed by atoms with E-state index in [1.165, 1.54) is 5.57 Å². The summed E-state index contributed by atoms with van der Waals surface area (Å²) in [5, 5.41) is 4.27. The van der Waals surface area contributed by atoms with Gasteiger partial charge in [0.15, 0.2) is 5.11 Å². The van der Waals surface area contributed by atoms with Gasteiger partial charge < -0.3 is 5.73 Å². The Morgan fingerprint density at radius 3 is 2.87 bits per heavy atom. The van der Waals surface area contributed by atoms with Crippen LogP contribution in [0, 0.1) is 17.8 Å². The van der Waals surface area contributed by atoms with E-state index in [0.717, 1.165) is 6.42 Å². The minimum absolute atomic E-state index is 0.217. The van der Waals surface area contributed by atoms with Crippen molar-refractivity contribution in [3.63, 3.8) is 0 Å². The molecule has 0 unspecified atom stereocenters. The van der Waals surface area contributed by atoms with Crippen molar-refractivity contribution in [2.75, 3.05) is 0 Å². The van der Waals surface area contributed by atoms with Crippen LogP contribution in [-0.4, -0.2) is 11.3 Å². The maximum Gasteiger partial charge on any atom is 0.184 e. The maximum atomic E-state index is 5.29. The van der Waals surface area contributed by atoms with Crippen molar-refractivity contribution in [2.24, 2.45) is 28.6 Å². The fourth-order valence-electron chi connectivity index (χ4n) is 2.26. The quantitative estimate of drug-likeness (QED) is 0.327. The van der Waals surface area contributed by atoms with Crippen LogP contribution in [0.1, 0.15) is 27.2 Å². The number of hydrogen-bond acceptors (Lipinski definition) is 2. The Morgan fingerprint density at radius 2 is 2.33 bits per heavy atom. The average molecular weight is 225 g/mol. The third kappa shape index (κ3) is 3.63. The van der Waals surface area contributed by atoms with E-state index in [4.69, 9.17) is 5.73 Å². The molecule has 0 saturated carbocycles. The molecule has 0 saturated heterocycles. The first-order chi connectivity index (χ1) is 7.00. The molecule has 1 aliphatic rings. The third-order valence-corrected chi connectivity index (χ3v) is 2.97. The monoisotopic (exact) mass is 225 g/mol. The van der Waals surface area contributed by atoms with Gasteiger partial charge >= 0.3 is 0 Å². The molecule has 0 amide bonds. The number of rotatable bonds is 2. The van der Waals surface area contributed by atoms with E-state index in [9.17, 15) is 0 Å². The van der Waals surface area contributed by atoms with Crippen molar-refractivity contribution >= 4 is 23.5 Å². The van der Waals surface area contributed by atoms with Crippen molar-refractivity contribution in [3.8, 4) is 0 Å². The molecule has 15 heavy (non-hydrogen) atoms. The summed E-state index contributed by atoms with van der Waals surface area (Å²) in [4.78, 5) is 0. The van der Waals surface area contributed by atoms with Gasteiger partial charge in [-0.1, -0.05) is 25.5 Å². The average Bonchev–Trinajstić information content (AvgIpc) is 2.08. The van der Waals surface area contributed by atoms with E-state index in [1.54, 1.807) is 0 Å². The summed E-state index contributed by atoms with van der Waals surface area (Å²) in [6.45, 7) is 6.66. The first-order valence-corrected chi connectivity index (χ1v) is 5.67. The van der Waals surface area contributed by atoms with Crippen LogP contribution < -0.4 is 11.2 Å². The Labute approximate surface area is 96.8 Å². The first kappa shape index (κ1) is 12.2. The Hall–Kier alpha value is -0.900. The van der Waals surface area contributed by atoms with Crippen LogP contribution in [0.15, 0.2) is 16.8 Å². The highest BCUT2D eigenvalue weighted by molar-refractivity contribution is 7.80. The van der Waals surface area contributed by atoms with Gasteiger partial charge in [-0.2, -0.15) is 5.10 Å². The van der Waals surface area contributed by atoms with Crippen molar-refractivity contribution in [1.82, 2.24) is 5.43 Å². The third-order valence-electron chi connectivity index (χ3n) is 2.88. The molecule has 3 nitrogen and oxygen atoms in total. The van der Waals surface area contributed by atoms with Gasteiger partial charge in [0, 0.05) is 12.1 Å². The zero-order valence-electron chi connectivity index (χ0n) is 9.53. The maximum absolute atomic E-state index is 5.29. The van der Waals surface area contributed by atoms with Crippen LogP contribution >= 0.6 is 12.2 Å². The lowest BCUT2D eigenvalue weighted by Crippen LogP contribution is -2.28. The van der Waals surface area contributed by atoms with Crippen molar-refractivity contribution in [2.45, 2.75) is 27.2 Å². The lowest BCUT2D eigenvalue weighted by Gasteiger charge is -2.29. The zero-order valence-corrected chi connectivity index (χ0v) is 10.3. The lowest BCUT2D eigenvalue weighted by atomic mass is 9.76. The molecule has 1 rings (SSSR count). The number of hydrazone groups is 1. The number of nitrogens with two attached hydrogens (primary N) is 1. The highest BCUT2D eigenvalue weighted by atomic mass is 32.1. The van der Waals surface area contributed by atoms with Gasteiger partial charge in [-0.3, -0.25) is 5.43 Å². The molecule has 4 heteroatoms. The SMILES string of the molecule is CC1=C[C@H](C)[C@@H](/C=N\NC(N)=S)[C@@H](C)C1. The fourth-order valence-corrected chi connectivity index (χ4v) is 2.31. The normalized spacial score (nSPS) is 31.4. The van der Waals surface area contributed by atoms with Crippen LogP contribution in [-0.2, 0) is 0 Å². The second-order valence-electron chi connectivity index (χ2n) is 4.39. The molecule has 0 aromatic heterocycles. The first-order valence-electron chi connectivity index (χ1n) is 5.26. The molecule has 0 bridgehead atoms. The van der Waals surface area contributed by atoms with E-state index >= 15 is 0 Å². The molecular weight excluding hydrogens is 206 g/mol. The highest BCUT2D eigenvalue weighted by Crippen LogP contribution is 2.31. The van der Waals surface area contributed by atoms with E-state index in [1.807, 2.05) is 6.21 Å². The van der Waals surface area contributed by atoms with Crippen molar-refractivity contribution in [3.05, 3.63) is 11.6 Å². The Kier molecular flexibility index (Phi) is 4.27.